The predicted molar refractivity (Wildman–Crippen MR) is 262 cm³/mol. The topological polar surface area (TPSA) is 16.1 Å². The van der Waals surface area contributed by atoms with Gasteiger partial charge in [-0.15, -0.1) is 11.3 Å². The summed E-state index contributed by atoms with van der Waals surface area (Å²) in [6, 6.07) is 71.7. The summed E-state index contributed by atoms with van der Waals surface area (Å²) >= 11 is 1.88. The van der Waals surface area contributed by atoms with Crippen LogP contribution in [-0.2, 0) is 5.41 Å². The maximum atomic E-state index is 5.38. The van der Waals surface area contributed by atoms with Crippen LogP contribution in [0.3, 0.4) is 0 Å². The number of pyridine rings is 1. The molecule has 1 aliphatic rings. The number of hydrogen-bond donors (Lipinski definition) is 0. The van der Waals surface area contributed by atoms with Crippen molar-refractivity contribution in [3.05, 3.63) is 205 Å². The number of anilines is 3. The minimum atomic E-state index is -0.126. The Balaban J connectivity index is 1.02. The Kier molecular flexibility index (Phi) is 7.26. The Labute approximate surface area is 357 Å². The van der Waals surface area contributed by atoms with Gasteiger partial charge in [0, 0.05) is 64.4 Å². The van der Waals surface area contributed by atoms with E-state index < -0.39 is 0 Å². The number of benzene rings is 10. The van der Waals surface area contributed by atoms with E-state index in [1.165, 1.54) is 90.9 Å². The van der Waals surface area contributed by atoms with Crippen molar-refractivity contribution in [2.75, 3.05) is 4.90 Å². The third kappa shape index (κ3) is 4.99. The molecular weight excluding hydrogens is 757 g/mol. The summed E-state index contributed by atoms with van der Waals surface area (Å²) in [6.45, 7) is 4.72. The number of para-hydroxylation sites is 1. The van der Waals surface area contributed by atoms with Crippen molar-refractivity contribution in [2.45, 2.75) is 19.3 Å². The molecule has 2 aromatic heterocycles. The summed E-state index contributed by atoms with van der Waals surface area (Å²) in [5.41, 5.74) is 11.7. The second-order valence-electron chi connectivity index (χ2n) is 17.0. The second kappa shape index (κ2) is 12.8. The van der Waals surface area contributed by atoms with Crippen LogP contribution in [0.4, 0.5) is 17.1 Å². The summed E-state index contributed by atoms with van der Waals surface area (Å²) in [6.07, 6.45) is 0. The average molecular weight is 795 g/mol. The molecule has 0 N–H and O–H groups in total. The highest BCUT2D eigenvalue weighted by Gasteiger charge is 2.35. The molecule has 0 saturated carbocycles. The summed E-state index contributed by atoms with van der Waals surface area (Å²) in [7, 11) is 0. The van der Waals surface area contributed by atoms with Crippen LogP contribution in [0.5, 0.6) is 0 Å². The minimum Gasteiger partial charge on any atom is -0.310 e. The van der Waals surface area contributed by atoms with E-state index in [1.807, 2.05) is 11.3 Å². The molecule has 2 heterocycles. The quantitative estimate of drug-likeness (QED) is 0.165. The van der Waals surface area contributed by atoms with Crippen LogP contribution in [0.25, 0.3) is 96.5 Å². The van der Waals surface area contributed by atoms with Gasteiger partial charge in [0.15, 0.2) is 0 Å². The predicted octanol–water partition coefficient (Wildman–Crippen LogP) is 16.7. The Morgan fingerprint density at radius 3 is 1.72 bits per heavy atom. The third-order valence-corrected chi connectivity index (χ3v) is 14.6. The Bertz CT molecular complexity index is 3760. The molecule has 61 heavy (non-hydrogen) atoms. The highest BCUT2D eigenvalue weighted by atomic mass is 32.1. The lowest BCUT2D eigenvalue weighted by Crippen LogP contribution is -2.16. The zero-order valence-electron chi connectivity index (χ0n) is 33.8. The summed E-state index contributed by atoms with van der Waals surface area (Å²) in [5.74, 6) is 0. The summed E-state index contributed by atoms with van der Waals surface area (Å²) in [4.78, 5) is 7.82. The number of rotatable bonds is 4. The third-order valence-electron chi connectivity index (χ3n) is 13.4. The summed E-state index contributed by atoms with van der Waals surface area (Å²) < 4.78 is 2.63. The maximum Gasteiger partial charge on any atom is 0.0788 e. The molecule has 0 unspecified atom stereocenters. The zero-order chi connectivity index (χ0) is 40.4. The largest absolute Gasteiger partial charge is 0.310 e. The van der Waals surface area contributed by atoms with Gasteiger partial charge in [0.05, 0.1) is 11.2 Å². The van der Waals surface area contributed by atoms with Gasteiger partial charge in [-0.05, 0) is 103 Å². The first kappa shape index (κ1) is 34.5. The van der Waals surface area contributed by atoms with Crippen molar-refractivity contribution in [1.82, 2.24) is 4.98 Å². The van der Waals surface area contributed by atoms with Crippen molar-refractivity contribution < 1.29 is 0 Å². The summed E-state index contributed by atoms with van der Waals surface area (Å²) in [5, 5.41) is 13.9. The normalized spacial score (nSPS) is 13.2. The molecule has 1 aliphatic carbocycles. The Morgan fingerprint density at radius 2 is 0.951 bits per heavy atom. The molecule has 2 nitrogen and oxygen atoms in total. The molecule has 12 aromatic rings. The lowest BCUT2D eigenvalue weighted by Gasteiger charge is -2.28. The Morgan fingerprint density at radius 1 is 0.410 bits per heavy atom. The number of aromatic nitrogens is 1. The highest BCUT2D eigenvalue weighted by Crippen LogP contribution is 2.51. The van der Waals surface area contributed by atoms with Gasteiger partial charge >= 0.3 is 0 Å². The molecule has 0 spiro atoms. The van der Waals surface area contributed by atoms with Gasteiger partial charge in [0.2, 0.25) is 0 Å². The Hall–Kier alpha value is -7.33. The van der Waals surface area contributed by atoms with E-state index in [0.29, 0.717) is 0 Å². The lowest BCUT2D eigenvalue weighted by atomic mass is 9.82. The van der Waals surface area contributed by atoms with Crippen LogP contribution in [0, 0.1) is 0 Å². The SMILES string of the molecule is CC1(C)c2ccccc2-c2ccc(N(c3ccc(-c4nc5ccccc5c5c4ccc4c6ccccc6sc45)cc3)c3ccc4c5ccccc5c5ccccc5c4c3)cc21. The van der Waals surface area contributed by atoms with Gasteiger partial charge in [-0.3, -0.25) is 0 Å². The molecule has 286 valence electrons. The fraction of sp³-hybridized carbons (Fsp3) is 0.0517. The molecule has 0 bridgehead atoms. The van der Waals surface area contributed by atoms with Gasteiger partial charge in [-0.25, -0.2) is 4.98 Å². The van der Waals surface area contributed by atoms with Crippen LogP contribution in [0.2, 0.25) is 0 Å². The van der Waals surface area contributed by atoms with Gasteiger partial charge in [-0.1, -0.05) is 159 Å². The molecule has 13 rings (SSSR count). The van der Waals surface area contributed by atoms with Crippen molar-refractivity contribution in [3.8, 4) is 22.4 Å². The number of fused-ring (bicyclic) bond motifs is 16. The number of thiophene rings is 1. The first-order valence-electron chi connectivity index (χ1n) is 21.1. The van der Waals surface area contributed by atoms with E-state index in [9.17, 15) is 0 Å². The van der Waals surface area contributed by atoms with Crippen LogP contribution < -0.4 is 4.90 Å². The highest BCUT2D eigenvalue weighted by molar-refractivity contribution is 7.26. The van der Waals surface area contributed by atoms with Crippen molar-refractivity contribution in [3.63, 3.8) is 0 Å². The molecular formula is C58H38N2S. The number of nitrogens with zero attached hydrogens (tertiary/aromatic N) is 2. The maximum absolute atomic E-state index is 5.38. The molecule has 0 amide bonds. The van der Waals surface area contributed by atoms with Gasteiger partial charge in [-0.2, -0.15) is 0 Å². The molecule has 10 aromatic carbocycles. The molecule has 0 atom stereocenters. The van der Waals surface area contributed by atoms with Crippen LogP contribution in [-0.4, -0.2) is 4.98 Å². The van der Waals surface area contributed by atoms with Crippen LogP contribution in [0.1, 0.15) is 25.0 Å². The lowest BCUT2D eigenvalue weighted by molar-refractivity contribution is 0.660. The van der Waals surface area contributed by atoms with Gasteiger partial charge < -0.3 is 4.90 Å². The fourth-order valence-electron chi connectivity index (χ4n) is 10.5. The van der Waals surface area contributed by atoms with Crippen molar-refractivity contribution >= 4 is 103 Å². The van der Waals surface area contributed by atoms with Crippen LogP contribution in [0.15, 0.2) is 194 Å². The smallest absolute Gasteiger partial charge is 0.0788 e. The first-order chi connectivity index (χ1) is 30.0. The van der Waals surface area contributed by atoms with Gasteiger partial charge in [0.25, 0.3) is 0 Å². The van der Waals surface area contributed by atoms with E-state index in [1.54, 1.807) is 0 Å². The van der Waals surface area contributed by atoms with E-state index in [0.717, 1.165) is 33.8 Å². The van der Waals surface area contributed by atoms with Crippen molar-refractivity contribution in [2.24, 2.45) is 0 Å². The van der Waals surface area contributed by atoms with E-state index in [2.05, 4.69) is 213 Å². The van der Waals surface area contributed by atoms with Gasteiger partial charge in [0.1, 0.15) is 0 Å². The van der Waals surface area contributed by atoms with Crippen LogP contribution >= 0.6 is 11.3 Å². The standard InChI is InChI=1S/C58H38N2S/c1-58(2)51-20-10-7-17-44(51)45-30-28-38(34-52(45)58)60(37-27-29-43-41-15-4-3-13-39(41)40-14-5-6-16-42(40)50(43)33-37)36-25-23-35(24-26-36)56-49-32-31-47-46-18-9-12-22-54(46)61-57(47)55(49)48-19-8-11-21-53(48)59-56/h3-34H,1-2H3. The van der Waals surface area contributed by atoms with E-state index >= 15 is 0 Å². The molecule has 0 fully saturated rings. The monoisotopic (exact) mass is 794 g/mol. The minimum absolute atomic E-state index is 0.126. The fourth-order valence-corrected chi connectivity index (χ4v) is 11.8. The molecule has 0 saturated heterocycles. The van der Waals surface area contributed by atoms with E-state index in [-0.39, 0.29) is 5.41 Å². The second-order valence-corrected chi connectivity index (χ2v) is 18.1. The first-order valence-corrected chi connectivity index (χ1v) is 21.9. The van der Waals surface area contributed by atoms with E-state index in [4.69, 9.17) is 4.98 Å². The number of hydrogen-bond acceptors (Lipinski definition) is 3. The zero-order valence-corrected chi connectivity index (χ0v) is 34.6. The molecule has 0 radical (unpaired) electrons. The molecule has 3 heteroatoms. The average Bonchev–Trinajstić information content (AvgIpc) is 3.81. The molecule has 0 aliphatic heterocycles. The van der Waals surface area contributed by atoms with Crippen molar-refractivity contribution in [1.29, 1.82) is 0 Å².